The number of imide groups is 1. The van der Waals surface area contributed by atoms with Crippen LogP contribution in [0.15, 0.2) is 77.7 Å². The molecular formula is C36H38Cl2N4O6S2. The third-order valence-electron chi connectivity index (χ3n) is 9.37. The summed E-state index contributed by atoms with van der Waals surface area (Å²) in [6.45, 7) is 5.26. The van der Waals surface area contributed by atoms with Gasteiger partial charge in [0.2, 0.25) is 10.0 Å². The van der Waals surface area contributed by atoms with Crippen LogP contribution in [0.3, 0.4) is 0 Å². The number of hydrogen-bond donors (Lipinski definition) is 1. The summed E-state index contributed by atoms with van der Waals surface area (Å²) in [7, 11) is -0.884. The van der Waals surface area contributed by atoms with E-state index in [-0.39, 0.29) is 38.5 Å². The summed E-state index contributed by atoms with van der Waals surface area (Å²) in [5.41, 5.74) is 3.38. The van der Waals surface area contributed by atoms with Crippen LogP contribution in [-0.4, -0.2) is 77.0 Å². The highest BCUT2D eigenvalue weighted by Crippen LogP contribution is 2.41. The number of nitrogens with one attached hydrogen (secondary N) is 1. The average molecular weight is 758 g/mol. The lowest BCUT2D eigenvalue weighted by Gasteiger charge is -2.39. The quantitative estimate of drug-likeness (QED) is 0.114. The first-order chi connectivity index (χ1) is 24.0. The van der Waals surface area contributed by atoms with Gasteiger partial charge in [-0.2, -0.15) is 0 Å². The third-order valence-corrected chi connectivity index (χ3v) is 12.6. The number of hydrogen-bond acceptors (Lipinski definition) is 9. The second-order valence-corrected chi connectivity index (χ2v) is 16.2. The molecular weight excluding hydrogens is 719 g/mol. The summed E-state index contributed by atoms with van der Waals surface area (Å²) in [4.78, 5) is 34.4. The molecule has 0 spiro atoms. The molecule has 2 amide bonds. The molecule has 1 N–H and O–H groups in total. The van der Waals surface area contributed by atoms with Crippen molar-refractivity contribution in [3.05, 3.63) is 104 Å². The Balaban J connectivity index is 1.24. The fourth-order valence-corrected chi connectivity index (χ4v) is 9.94. The highest BCUT2D eigenvalue weighted by molar-refractivity contribution is 7.89. The monoisotopic (exact) mass is 756 g/mol. The van der Waals surface area contributed by atoms with Gasteiger partial charge in [-0.3, -0.25) is 19.4 Å². The molecule has 2 aliphatic heterocycles. The van der Waals surface area contributed by atoms with E-state index < -0.39 is 22.0 Å². The number of ether oxygens (including phenoxy) is 2. The van der Waals surface area contributed by atoms with Gasteiger partial charge >= 0.3 is 0 Å². The minimum absolute atomic E-state index is 0.0377. The van der Waals surface area contributed by atoms with E-state index in [4.69, 9.17) is 32.7 Å². The van der Waals surface area contributed by atoms with Crippen molar-refractivity contribution < 1.29 is 27.5 Å². The standard InChI is InChI=1S/C36H38Cl2N4O6S2/c1-23(24-9-5-4-6-10-24)40-17-19-41(20-18-40)28-12-7-11-26-33(28)36(44)42(35(26)43)27(25-14-15-29(47-2)30(21-25)48-3)13-8-16-39-50(45,46)31-22-32(37)49-34(31)38/h4-7,9-12,14-15,21-23,27,39H,8,13,16-20H2,1-3H3/t23-,27?/m1/s1. The van der Waals surface area contributed by atoms with Crippen LogP contribution < -0.4 is 19.1 Å². The SMILES string of the molecule is COc1ccc(C(CCCNS(=O)(=O)c2cc(Cl)sc2Cl)N2C(=O)c3cccc(N4CCN([C@H](C)c5ccccc5)CC4)c3C2=O)cc1OC. The molecule has 10 nitrogen and oxygen atoms in total. The van der Waals surface area contributed by atoms with E-state index in [1.165, 1.54) is 30.7 Å². The number of piperazine rings is 1. The van der Waals surface area contributed by atoms with E-state index >= 15 is 0 Å². The first-order valence-corrected chi connectivity index (χ1v) is 19.3. The Morgan fingerprint density at radius 1 is 0.860 bits per heavy atom. The minimum Gasteiger partial charge on any atom is -0.493 e. The fourth-order valence-electron chi connectivity index (χ4n) is 6.72. The molecule has 2 atom stereocenters. The molecule has 1 fully saturated rings. The molecule has 264 valence electrons. The summed E-state index contributed by atoms with van der Waals surface area (Å²) >= 11 is 13.1. The van der Waals surface area contributed by atoms with Gasteiger partial charge in [0.25, 0.3) is 11.8 Å². The zero-order valence-electron chi connectivity index (χ0n) is 27.9. The van der Waals surface area contributed by atoms with Crippen LogP contribution in [0.2, 0.25) is 8.67 Å². The number of nitrogens with zero attached hydrogens (tertiary/aromatic N) is 3. The number of methoxy groups -OCH3 is 2. The first-order valence-electron chi connectivity index (χ1n) is 16.2. The van der Waals surface area contributed by atoms with Gasteiger partial charge in [0.15, 0.2) is 11.5 Å². The second kappa shape index (κ2) is 15.3. The van der Waals surface area contributed by atoms with Crippen LogP contribution in [0.1, 0.15) is 63.7 Å². The zero-order chi connectivity index (χ0) is 35.6. The third kappa shape index (κ3) is 7.23. The molecule has 6 rings (SSSR count). The van der Waals surface area contributed by atoms with Crippen LogP contribution in [0.5, 0.6) is 11.5 Å². The van der Waals surface area contributed by atoms with Crippen LogP contribution in [0.25, 0.3) is 0 Å². The predicted octanol–water partition coefficient (Wildman–Crippen LogP) is 7.05. The number of rotatable bonds is 13. The summed E-state index contributed by atoms with van der Waals surface area (Å²) in [6, 6.07) is 21.9. The molecule has 3 heterocycles. The second-order valence-electron chi connectivity index (χ2n) is 12.1. The number of halogens is 2. The molecule has 1 saturated heterocycles. The minimum atomic E-state index is -3.93. The van der Waals surface area contributed by atoms with E-state index in [2.05, 4.69) is 45.7 Å². The maximum absolute atomic E-state index is 14.4. The number of anilines is 1. The highest BCUT2D eigenvalue weighted by Gasteiger charge is 2.43. The molecule has 0 bridgehead atoms. The van der Waals surface area contributed by atoms with Crippen LogP contribution in [0.4, 0.5) is 5.69 Å². The van der Waals surface area contributed by atoms with Gasteiger partial charge in [-0.05, 0) is 61.2 Å². The number of sulfonamides is 1. The van der Waals surface area contributed by atoms with Gasteiger partial charge in [-0.15, -0.1) is 11.3 Å². The lowest BCUT2D eigenvalue weighted by atomic mass is 9.99. The highest BCUT2D eigenvalue weighted by atomic mass is 35.5. The predicted molar refractivity (Wildman–Crippen MR) is 197 cm³/mol. The Labute approximate surface area is 306 Å². The van der Waals surface area contributed by atoms with Gasteiger partial charge in [0, 0.05) is 38.8 Å². The average Bonchev–Trinajstić information content (AvgIpc) is 3.62. The number of benzene rings is 3. The largest absolute Gasteiger partial charge is 0.493 e. The molecule has 2 aliphatic rings. The van der Waals surface area contributed by atoms with Crippen molar-refractivity contribution in [2.24, 2.45) is 0 Å². The number of thiophene rings is 1. The van der Waals surface area contributed by atoms with Crippen molar-refractivity contribution in [1.29, 1.82) is 0 Å². The Bertz CT molecular complexity index is 1980. The number of carbonyl (C=O) groups is 2. The molecule has 50 heavy (non-hydrogen) atoms. The summed E-state index contributed by atoms with van der Waals surface area (Å²) < 4.78 is 39.8. The van der Waals surface area contributed by atoms with Crippen LogP contribution >= 0.6 is 34.5 Å². The number of carbonyl (C=O) groups excluding carboxylic acids is 2. The normalized spacial score (nSPS) is 16.4. The van der Waals surface area contributed by atoms with E-state index in [0.717, 1.165) is 30.1 Å². The summed E-state index contributed by atoms with van der Waals surface area (Å²) in [5, 5.41) is 0. The molecule has 1 aromatic heterocycles. The first kappa shape index (κ1) is 36.2. The maximum atomic E-state index is 14.4. The van der Waals surface area contributed by atoms with Crippen LogP contribution in [-0.2, 0) is 10.0 Å². The Kier molecular flexibility index (Phi) is 11.1. The van der Waals surface area contributed by atoms with Crippen molar-refractivity contribution in [2.75, 3.05) is 51.8 Å². The van der Waals surface area contributed by atoms with E-state index in [1.807, 2.05) is 18.2 Å². The molecule has 0 aliphatic carbocycles. The fraction of sp³-hybridized carbons (Fsp3) is 0.333. The molecule has 0 saturated carbocycles. The molecule has 3 aromatic carbocycles. The lowest BCUT2D eigenvalue weighted by Crippen LogP contribution is -2.47. The Morgan fingerprint density at radius 3 is 2.24 bits per heavy atom. The van der Waals surface area contributed by atoms with Crippen molar-refractivity contribution in [3.8, 4) is 11.5 Å². The number of fused-ring (bicyclic) bond motifs is 1. The molecule has 14 heteroatoms. The van der Waals surface area contributed by atoms with Crippen molar-refractivity contribution in [2.45, 2.75) is 36.7 Å². The topological polar surface area (TPSA) is 108 Å². The molecule has 1 unspecified atom stereocenters. The van der Waals surface area contributed by atoms with Gasteiger partial charge in [-0.1, -0.05) is 65.7 Å². The molecule has 4 aromatic rings. The van der Waals surface area contributed by atoms with E-state index in [9.17, 15) is 18.0 Å². The zero-order valence-corrected chi connectivity index (χ0v) is 31.0. The lowest BCUT2D eigenvalue weighted by molar-refractivity contribution is 0.0572. The van der Waals surface area contributed by atoms with E-state index in [1.54, 1.807) is 24.3 Å². The van der Waals surface area contributed by atoms with E-state index in [0.29, 0.717) is 47.7 Å². The summed E-state index contributed by atoms with van der Waals surface area (Å²) in [6.07, 6.45) is 0.572. The van der Waals surface area contributed by atoms with Crippen molar-refractivity contribution in [3.63, 3.8) is 0 Å². The summed E-state index contributed by atoms with van der Waals surface area (Å²) in [5.74, 6) is 0.156. The van der Waals surface area contributed by atoms with Crippen molar-refractivity contribution >= 4 is 62.1 Å². The number of amides is 2. The Morgan fingerprint density at radius 2 is 1.58 bits per heavy atom. The van der Waals surface area contributed by atoms with Crippen molar-refractivity contribution in [1.82, 2.24) is 14.5 Å². The van der Waals surface area contributed by atoms with Gasteiger partial charge in [0.05, 0.1) is 41.4 Å². The van der Waals surface area contributed by atoms with Crippen LogP contribution in [0, 0.1) is 0 Å². The van der Waals surface area contributed by atoms with Gasteiger partial charge < -0.3 is 14.4 Å². The Hall–Kier alpha value is -3.65. The van der Waals surface area contributed by atoms with Gasteiger partial charge in [0.1, 0.15) is 9.23 Å². The van der Waals surface area contributed by atoms with Gasteiger partial charge in [-0.25, -0.2) is 13.1 Å². The molecule has 0 radical (unpaired) electrons. The maximum Gasteiger partial charge on any atom is 0.264 e. The smallest absolute Gasteiger partial charge is 0.264 e.